The average Bonchev–Trinajstić information content (AvgIpc) is 3.39. The predicted molar refractivity (Wildman–Crippen MR) is 120 cm³/mol. The van der Waals surface area contributed by atoms with Crippen LogP contribution in [0.25, 0.3) is 22.4 Å². The molecule has 0 bridgehead atoms. The van der Waals surface area contributed by atoms with Crippen molar-refractivity contribution in [3.8, 4) is 11.4 Å². The van der Waals surface area contributed by atoms with E-state index in [1.807, 2.05) is 17.0 Å². The second kappa shape index (κ2) is 7.96. The van der Waals surface area contributed by atoms with Gasteiger partial charge in [0.1, 0.15) is 11.6 Å². The van der Waals surface area contributed by atoms with Gasteiger partial charge in [0.05, 0.1) is 28.9 Å². The Balaban J connectivity index is 1.63. The molecule has 0 radical (unpaired) electrons. The molecular weight excluding hydrogens is 413 g/mol. The van der Waals surface area contributed by atoms with Gasteiger partial charge in [-0.05, 0) is 30.2 Å². The minimum Gasteiger partial charge on any atom is -0.333 e. The Morgan fingerprint density at radius 2 is 1.81 bits per heavy atom. The first-order chi connectivity index (χ1) is 15.1. The molecule has 0 unspecified atom stereocenters. The van der Waals surface area contributed by atoms with Gasteiger partial charge in [-0.3, -0.25) is 4.98 Å². The summed E-state index contributed by atoms with van der Waals surface area (Å²) >= 11 is 6.11. The van der Waals surface area contributed by atoms with E-state index in [-0.39, 0.29) is 5.02 Å². The Morgan fingerprint density at radius 1 is 0.968 bits per heavy atom. The molecule has 3 heterocycles. The molecular formula is C24H19ClFN5. The first-order valence-electron chi connectivity index (χ1n) is 9.88. The van der Waals surface area contributed by atoms with Gasteiger partial charge in [-0.15, -0.1) is 0 Å². The largest absolute Gasteiger partial charge is 0.333 e. The second-order valence-electron chi connectivity index (χ2n) is 7.58. The van der Waals surface area contributed by atoms with Gasteiger partial charge >= 0.3 is 0 Å². The lowest BCUT2D eigenvalue weighted by atomic mass is 10.1. The van der Waals surface area contributed by atoms with Crippen LogP contribution in [0.3, 0.4) is 0 Å². The van der Waals surface area contributed by atoms with Crippen LogP contribution in [0.1, 0.15) is 16.7 Å². The standard InChI is InChI=1S/C24H19ClFN5/c1-16-2-4-17(5-3-16)14-31-23-9-20(25)21(26)10-22(23)29-24(31)19-8-18(11-28-12-19)13-30-7-6-27-15-30/h2-12,15H,13-14H2,1H3. The van der Waals surface area contributed by atoms with Gasteiger partial charge in [-0.1, -0.05) is 41.4 Å². The minimum absolute atomic E-state index is 0.0797. The lowest BCUT2D eigenvalue weighted by molar-refractivity contribution is 0.629. The van der Waals surface area contributed by atoms with Crippen molar-refractivity contribution in [2.75, 3.05) is 0 Å². The molecule has 0 spiro atoms. The van der Waals surface area contributed by atoms with Crippen molar-refractivity contribution in [1.29, 1.82) is 0 Å². The van der Waals surface area contributed by atoms with Crippen LogP contribution in [0.15, 0.2) is 73.6 Å². The van der Waals surface area contributed by atoms with E-state index < -0.39 is 5.82 Å². The summed E-state index contributed by atoms with van der Waals surface area (Å²) in [5.41, 5.74) is 5.53. The van der Waals surface area contributed by atoms with E-state index in [4.69, 9.17) is 16.6 Å². The van der Waals surface area contributed by atoms with Crippen LogP contribution in [-0.4, -0.2) is 24.1 Å². The molecule has 5 aromatic rings. The van der Waals surface area contributed by atoms with Crippen LogP contribution in [0.5, 0.6) is 0 Å². The van der Waals surface area contributed by atoms with E-state index in [2.05, 4.69) is 51.8 Å². The Hall–Kier alpha value is -3.51. The smallest absolute Gasteiger partial charge is 0.144 e. The zero-order valence-electron chi connectivity index (χ0n) is 16.8. The van der Waals surface area contributed by atoms with Gasteiger partial charge in [-0.2, -0.15) is 0 Å². The summed E-state index contributed by atoms with van der Waals surface area (Å²) in [5, 5.41) is 0.0797. The number of fused-ring (bicyclic) bond motifs is 1. The summed E-state index contributed by atoms with van der Waals surface area (Å²) in [6.07, 6.45) is 9.03. The van der Waals surface area contributed by atoms with Gasteiger partial charge in [0.15, 0.2) is 0 Å². The molecule has 154 valence electrons. The summed E-state index contributed by atoms with van der Waals surface area (Å²) in [4.78, 5) is 13.3. The van der Waals surface area contributed by atoms with Gasteiger partial charge in [0, 0.05) is 43.0 Å². The number of hydrogen-bond donors (Lipinski definition) is 0. The third-order valence-electron chi connectivity index (χ3n) is 5.23. The fourth-order valence-corrected chi connectivity index (χ4v) is 3.82. The summed E-state index contributed by atoms with van der Waals surface area (Å²) < 4.78 is 18.2. The van der Waals surface area contributed by atoms with Crippen LogP contribution < -0.4 is 0 Å². The van der Waals surface area contributed by atoms with Crippen LogP contribution >= 0.6 is 11.6 Å². The number of aryl methyl sites for hydroxylation is 1. The van der Waals surface area contributed by atoms with E-state index in [0.717, 1.165) is 28.0 Å². The number of benzene rings is 2. The van der Waals surface area contributed by atoms with E-state index in [0.29, 0.717) is 18.6 Å². The van der Waals surface area contributed by atoms with Gasteiger partial charge in [0.2, 0.25) is 0 Å². The zero-order chi connectivity index (χ0) is 21.4. The SMILES string of the molecule is Cc1ccc(Cn2c(-c3cncc(Cn4ccnc4)c3)nc3cc(F)c(Cl)cc32)cc1. The van der Waals surface area contributed by atoms with Crippen molar-refractivity contribution in [3.05, 3.63) is 101 Å². The van der Waals surface area contributed by atoms with Gasteiger partial charge in [-0.25, -0.2) is 14.4 Å². The number of imidazole rings is 2. The van der Waals surface area contributed by atoms with Crippen LogP contribution in [0, 0.1) is 12.7 Å². The molecule has 5 rings (SSSR count). The Bertz CT molecular complexity index is 1360. The normalized spacial score (nSPS) is 11.3. The highest BCUT2D eigenvalue weighted by molar-refractivity contribution is 6.31. The third-order valence-corrected chi connectivity index (χ3v) is 5.52. The van der Waals surface area contributed by atoms with E-state index >= 15 is 0 Å². The molecule has 5 nitrogen and oxygen atoms in total. The molecule has 31 heavy (non-hydrogen) atoms. The number of hydrogen-bond acceptors (Lipinski definition) is 3. The molecule has 0 aliphatic carbocycles. The van der Waals surface area contributed by atoms with Crippen molar-refractivity contribution < 1.29 is 4.39 Å². The van der Waals surface area contributed by atoms with Crippen LogP contribution in [0.2, 0.25) is 5.02 Å². The van der Waals surface area contributed by atoms with Gasteiger partial charge < -0.3 is 9.13 Å². The lowest BCUT2D eigenvalue weighted by Crippen LogP contribution is -2.04. The van der Waals surface area contributed by atoms with Gasteiger partial charge in [0.25, 0.3) is 0 Å². The summed E-state index contributed by atoms with van der Waals surface area (Å²) in [6.45, 7) is 3.29. The first kappa shape index (κ1) is 19.5. The number of aromatic nitrogens is 5. The highest BCUT2D eigenvalue weighted by atomic mass is 35.5. The predicted octanol–water partition coefficient (Wildman–Crippen LogP) is 5.49. The molecule has 0 amide bonds. The van der Waals surface area contributed by atoms with Crippen molar-refractivity contribution in [3.63, 3.8) is 0 Å². The molecule has 0 saturated heterocycles. The molecule has 2 aromatic carbocycles. The van der Waals surface area contributed by atoms with E-state index in [1.54, 1.807) is 24.8 Å². The van der Waals surface area contributed by atoms with Crippen LogP contribution in [-0.2, 0) is 13.1 Å². The molecule has 0 atom stereocenters. The average molecular weight is 432 g/mol. The Labute approximate surface area is 183 Å². The molecule has 0 saturated carbocycles. The Morgan fingerprint density at radius 3 is 2.58 bits per heavy atom. The number of nitrogens with zero attached hydrogens (tertiary/aromatic N) is 5. The fraction of sp³-hybridized carbons (Fsp3) is 0.125. The maximum absolute atomic E-state index is 14.1. The van der Waals surface area contributed by atoms with Crippen molar-refractivity contribution >= 4 is 22.6 Å². The van der Waals surface area contributed by atoms with E-state index in [1.165, 1.54) is 11.6 Å². The van der Waals surface area contributed by atoms with Crippen molar-refractivity contribution in [1.82, 2.24) is 24.1 Å². The summed E-state index contributed by atoms with van der Waals surface area (Å²) in [5.74, 6) is 0.241. The second-order valence-corrected chi connectivity index (χ2v) is 7.99. The maximum Gasteiger partial charge on any atom is 0.144 e. The van der Waals surface area contributed by atoms with Crippen molar-refractivity contribution in [2.45, 2.75) is 20.0 Å². The lowest BCUT2D eigenvalue weighted by Gasteiger charge is -2.11. The molecule has 0 aliphatic heterocycles. The topological polar surface area (TPSA) is 48.5 Å². The first-order valence-corrected chi connectivity index (χ1v) is 10.3. The third kappa shape index (κ3) is 3.94. The maximum atomic E-state index is 14.1. The molecule has 0 aliphatic rings. The molecule has 7 heteroatoms. The summed E-state index contributed by atoms with van der Waals surface area (Å²) in [7, 11) is 0. The zero-order valence-corrected chi connectivity index (χ0v) is 17.6. The van der Waals surface area contributed by atoms with E-state index in [9.17, 15) is 4.39 Å². The monoisotopic (exact) mass is 431 g/mol. The highest BCUT2D eigenvalue weighted by Crippen LogP contribution is 2.29. The Kier molecular flexibility index (Phi) is 5.00. The number of pyridine rings is 1. The quantitative estimate of drug-likeness (QED) is 0.369. The highest BCUT2D eigenvalue weighted by Gasteiger charge is 2.16. The van der Waals surface area contributed by atoms with Crippen LogP contribution in [0.4, 0.5) is 4.39 Å². The molecule has 0 fully saturated rings. The number of halogens is 2. The molecule has 0 N–H and O–H groups in total. The fourth-order valence-electron chi connectivity index (χ4n) is 3.66. The summed E-state index contributed by atoms with van der Waals surface area (Å²) in [6, 6.07) is 13.4. The van der Waals surface area contributed by atoms with Crippen molar-refractivity contribution in [2.24, 2.45) is 0 Å². The minimum atomic E-state index is -0.479. The molecule has 3 aromatic heterocycles. The number of rotatable bonds is 5.